The summed E-state index contributed by atoms with van der Waals surface area (Å²) in [7, 11) is 0. The maximum Gasteiger partial charge on any atom is 0.108 e. The molecule has 3 nitrogen and oxygen atoms in total. The van der Waals surface area contributed by atoms with Crippen molar-refractivity contribution in [1.29, 1.82) is 0 Å². The highest BCUT2D eigenvalue weighted by Crippen LogP contribution is 2.23. The molecule has 0 aliphatic rings. The molecular formula is C14H18ClN3. The van der Waals surface area contributed by atoms with Crippen molar-refractivity contribution < 1.29 is 0 Å². The number of hydrogen-bond acceptors (Lipinski definition) is 2. The molecule has 0 aliphatic heterocycles. The smallest absolute Gasteiger partial charge is 0.108 e. The number of aromatic amines is 1. The van der Waals surface area contributed by atoms with Crippen LogP contribution >= 0.6 is 11.6 Å². The average Bonchev–Trinajstić information content (AvgIpc) is 2.58. The van der Waals surface area contributed by atoms with E-state index in [4.69, 9.17) is 17.3 Å². The molecule has 3 N–H and O–H groups in total. The minimum atomic E-state index is -0.262. The van der Waals surface area contributed by atoms with Gasteiger partial charge in [0, 0.05) is 28.2 Å². The maximum absolute atomic E-state index is 6.01. The Morgan fingerprint density at radius 3 is 2.44 bits per heavy atom. The number of imidazole rings is 1. The first-order valence-corrected chi connectivity index (χ1v) is 6.33. The number of halogens is 1. The van der Waals surface area contributed by atoms with Crippen LogP contribution in [-0.2, 0) is 6.42 Å². The van der Waals surface area contributed by atoms with Gasteiger partial charge in [-0.05, 0) is 32.9 Å². The van der Waals surface area contributed by atoms with Gasteiger partial charge in [0.1, 0.15) is 5.82 Å². The molecule has 0 saturated heterocycles. The van der Waals surface area contributed by atoms with Crippen LogP contribution in [0.15, 0.2) is 24.3 Å². The van der Waals surface area contributed by atoms with Crippen molar-refractivity contribution in [2.24, 2.45) is 5.73 Å². The second-order valence-corrected chi connectivity index (χ2v) is 5.77. The van der Waals surface area contributed by atoms with Crippen LogP contribution in [-0.4, -0.2) is 15.5 Å². The van der Waals surface area contributed by atoms with Crippen LogP contribution in [0.2, 0.25) is 5.02 Å². The Bertz CT molecular complexity index is 535. The fourth-order valence-corrected chi connectivity index (χ4v) is 2.05. The quantitative estimate of drug-likeness (QED) is 0.893. The number of hydrogen-bond donors (Lipinski definition) is 2. The van der Waals surface area contributed by atoms with Crippen molar-refractivity contribution >= 4 is 11.6 Å². The number of H-pyrrole nitrogens is 1. The van der Waals surface area contributed by atoms with Crippen molar-refractivity contribution in [1.82, 2.24) is 9.97 Å². The molecule has 0 unspecified atom stereocenters. The molecule has 0 saturated carbocycles. The fraction of sp³-hybridized carbons (Fsp3) is 0.357. The molecule has 1 aromatic carbocycles. The Labute approximate surface area is 112 Å². The summed E-state index contributed by atoms with van der Waals surface area (Å²) in [6.45, 7) is 6.00. The van der Waals surface area contributed by atoms with Gasteiger partial charge in [-0.3, -0.25) is 0 Å². The number of rotatable bonds is 3. The maximum atomic E-state index is 6.01. The SMILES string of the molecule is Cc1[nH]c(CC(C)(C)N)nc1-c1ccc(Cl)cc1. The molecule has 1 heterocycles. The van der Waals surface area contributed by atoms with Crippen LogP contribution in [0.5, 0.6) is 0 Å². The lowest BCUT2D eigenvalue weighted by molar-refractivity contribution is 0.504. The van der Waals surface area contributed by atoms with E-state index in [2.05, 4.69) is 9.97 Å². The van der Waals surface area contributed by atoms with Crippen LogP contribution in [0.1, 0.15) is 25.4 Å². The molecule has 96 valence electrons. The molecule has 0 fully saturated rings. The van der Waals surface area contributed by atoms with E-state index in [1.165, 1.54) is 0 Å². The van der Waals surface area contributed by atoms with Gasteiger partial charge >= 0.3 is 0 Å². The number of nitrogens with two attached hydrogens (primary N) is 1. The van der Waals surface area contributed by atoms with Crippen molar-refractivity contribution in [2.45, 2.75) is 32.7 Å². The average molecular weight is 264 g/mol. The van der Waals surface area contributed by atoms with Gasteiger partial charge in [0.2, 0.25) is 0 Å². The molecule has 2 aromatic rings. The van der Waals surface area contributed by atoms with Crippen LogP contribution in [0, 0.1) is 6.92 Å². The summed E-state index contributed by atoms with van der Waals surface area (Å²) in [5, 5.41) is 0.732. The molecule has 2 rings (SSSR count). The van der Waals surface area contributed by atoms with E-state index >= 15 is 0 Å². The second kappa shape index (κ2) is 4.75. The molecular weight excluding hydrogens is 246 g/mol. The van der Waals surface area contributed by atoms with E-state index in [1.807, 2.05) is 45.0 Å². The second-order valence-electron chi connectivity index (χ2n) is 5.33. The fourth-order valence-electron chi connectivity index (χ4n) is 1.93. The first-order chi connectivity index (χ1) is 8.35. The zero-order chi connectivity index (χ0) is 13.3. The summed E-state index contributed by atoms with van der Waals surface area (Å²) in [6, 6.07) is 7.70. The highest BCUT2D eigenvalue weighted by atomic mass is 35.5. The van der Waals surface area contributed by atoms with Gasteiger partial charge < -0.3 is 10.7 Å². The molecule has 0 aliphatic carbocycles. The minimum absolute atomic E-state index is 0.262. The van der Waals surface area contributed by atoms with Gasteiger partial charge in [0.15, 0.2) is 0 Å². The molecule has 0 amide bonds. The number of aryl methyl sites for hydroxylation is 1. The molecule has 18 heavy (non-hydrogen) atoms. The monoisotopic (exact) mass is 263 g/mol. The third-order valence-corrected chi connectivity index (χ3v) is 2.93. The third-order valence-electron chi connectivity index (χ3n) is 2.67. The predicted octanol–water partition coefficient (Wildman–Crippen LogP) is 3.32. The summed E-state index contributed by atoms with van der Waals surface area (Å²) in [6.07, 6.45) is 0.724. The van der Waals surface area contributed by atoms with Crippen LogP contribution in [0.4, 0.5) is 0 Å². The largest absolute Gasteiger partial charge is 0.346 e. The Kier molecular flexibility index (Phi) is 3.46. The Morgan fingerprint density at radius 1 is 1.28 bits per heavy atom. The van der Waals surface area contributed by atoms with E-state index < -0.39 is 0 Å². The summed E-state index contributed by atoms with van der Waals surface area (Å²) >= 11 is 5.89. The van der Waals surface area contributed by atoms with Crippen LogP contribution in [0.25, 0.3) is 11.3 Å². The van der Waals surface area contributed by atoms with E-state index in [0.29, 0.717) is 0 Å². The van der Waals surface area contributed by atoms with Gasteiger partial charge in [0.05, 0.1) is 5.69 Å². The van der Waals surface area contributed by atoms with Gasteiger partial charge in [0.25, 0.3) is 0 Å². The number of benzene rings is 1. The molecule has 1 aromatic heterocycles. The lowest BCUT2D eigenvalue weighted by atomic mass is 10.0. The Hall–Kier alpha value is -1.32. The number of nitrogens with one attached hydrogen (secondary N) is 1. The summed E-state index contributed by atoms with van der Waals surface area (Å²) in [5.41, 5.74) is 8.83. The lowest BCUT2D eigenvalue weighted by Crippen LogP contribution is -2.34. The topological polar surface area (TPSA) is 54.7 Å². The van der Waals surface area contributed by atoms with E-state index in [-0.39, 0.29) is 5.54 Å². The van der Waals surface area contributed by atoms with Gasteiger partial charge in [-0.2, -0.15) is 0 Å². The third kappa shape index (κ3) is 3.12. The van der Waals surface area contributed by atoms with Crippen LogP contribution in [0.3, 0.4) is 0 Å². The highest BCUT2D eigenvalue weighted by Gasteiger charge is 2.16. The van der Waals surface area contributed by atoms with Gasteiger partial charge in [-0.1, -0.05) is 23.7 Å². The number of aromatic nitrogens is 2. The molecule has 4 heteroatoms. The van der Waals surface area contributed by atoms with Crippen LogP contribution < -0.4 is 5.73 Å². The first kappa shape index (κ1) is 13.1. The molecule has 0 radical (unpaired) electrons. The van der Waals surface area contributed by atoms with E-state index in [0.717, 1.165) is 34.2 Å². The van der Waals surface area contributed by atoms with Gasteiger partial charge in [-0.25, -0.2) is 4.98 Å². The van der Waals surface area contributed by atoms with Crippen molar-refractivity contribution in [3.63, 3.8) is 0 Å². The normalized spacial score (nSPS) is 11.8. The molecule has 0 spiro atoms. The predicted molar refractivity (Wildman–Crippen MR) is 75.7 cm³/mol. The minimum Gasteiger partial charge on any atom is -0.346 e. The molecule has 0 bridgehead atoms. The van der Waals surface area contributed by atoms with E-state index in [9.17, 15) is 0 Å². The van der Waals surface area contributed by atoms with E-state index in [1.54, 1.807) is 0 Å². The highest BCUT2D eigenvalue weighted by molar-refractivity contribution is 6.30. The molecule has 0 atom stereocenters. The number of nitrogens with zero attached hydrogens (tertiary/aromatic N) is 1. The lowest BCUT2D eigenvalue weighted by Gasteiger charge is -2.15. The van der Waals surface area contributed by atoms with Crippen molar-refractivity contribution in [3.05, 3.63) is 40.8 Å². The zero-order valence-corrected chi connectivity index (χ0v) is 11.7. The Morgan fingerprint density at radius 2 is 1.89 bits per heavy atom. The standard InChI is InChI=1S/C14H18ClN3/c1-9-13(10-4-6-11(15)7-5-10)18-12(17-9)8-14(2,3)16/h4-7H,8,16H2,1-3H3,(H,17,18). The summed E-state index contributed by atoms with van der Waals surface area (Å²) < 4.78 is 0. The Balaban J connectivity index is 2.32. The summed E-state index contributed by atoms with van der Waals surface area (Å²) in [4.78, 5) is 7.91. The summed E-state index contributed by atoms with van der Waals surface area (Å²) in [5.74, 6) is 0.921. The van der Waals surface area contributed by atoms with Crippen molar-refractivity contribution in [3.8, 4) is 11.3 Å². The first-order valence-electron chi connectivity index (χ1n) is 5.95. The van der Waals surface area contributed by atoms with Gasteiger partial charge in [-0.15, -0.1) is 0 Å². The zero-order valence-electron chi connectivity index (χ0n) is 10.9. The van der Waals surface area contributed by atoms with Crippen molar-refractivity contribution in [2.75, 3.05) is 0 Å².